The van der Waals surface area contributed by atoms with Crippen molar-refractivity contribution < 1.29 is 9.18 Å². The number of amides is 1. The van der Waals surface area contributed by atoms with E-state index < -0.39 is 0 Å². The zero-order valence-corrected chi connectivity index (χ0v) is 12.3. The van der Waals surface area contributed by atoms with E-state index in [4.69, 9.17) is 0 Å². The highest BCUT2D eigenvalue weighted by atomic mass is 32.1. The molecule has 1 atom stereocenters. The van der Waals surface area contributed by atoms with Gasteiger partial charge in [-0.15, -0.1) is 11.3 Å². The van der Waals surface area contributed by atoms with Crippen LogP contribution >= 0.6 is 11.3 Å². The first-order valence-corrected chi connectivity index (χ1v) is 7.86. The van der Waals surface area contributed by atoms with Crippen molar-refractivity contribution in [2.24, 2.45) is 0 Å². The summed E-state index contributed by atoms with van der Waals surface area (Å²) in [6.45, 7) is 0.886. The van der Waals surface area contributed by atoms with Crippen LogP contribution in [0.5, 0.6) is 0 Å². The summed E-state index contributed by atoms with van der Waals surface area (Å²) in [6, 6.07) is 6.03. The topological polar surface area (TPSA) is 54.0 Å². The summed E-state index contributed by atoms with van der Waals surface area (Å²) in [6.07, 6.45) is 3.06. The molecule has 3 rings (SSSR count). The molecule has 1 aliphatic heterocycles. The summed E-state index contributed by atoms with van der Waals surface area (Å²) in [5.74, 6) is -0.305. The van der Waals surface area contributed by atoms with Crippen molar-refractivity contribution in [3.05, 3.63) is 35.5 Å². The minimum Gasteiger partial charge on any atom is -0.306 e. The minimum absolute atomic E-state index is 0.0327. The highest BCUT2D eigenvalue weighted by molar-refractivity contribution is 7.14. The van der Waals surface area contributed by atoms with E-state index in [1.807, 2.05) is 5.38 Å². The van der Waals surface area contributed by atoms with Crippen LogP contribution in [0.4, 0.5) is 9.52 Å². The van der Waals surface area contributed by atoms with E-state index in [0.29, 0.717) is 5.13 Å². The third-order valence-electron chi connectivity index (χ3n) is 3.50. The molecule has 1 amide bonds. The molecule has 0 radical (unpaired) electrons. The van der Waals surface area contributed by atoms with Gasteiger partial charge in [-0.05, 0) is 43.7 Å². The number of carbonyl (C=O) groups excluding carboxylic acids is 1. The Morgan fingerprint density at radius 1 is 1.33 bits per heavy atom. The van der Waals surface area contributed by atoms with E-state index in [2.05, 4.69) is 15.6 Å². The van der Waals surface area contributed by atoms with Crippen LogP contribution in [0, 0.1) is 5.82 Å². The third-order valence-corrected chi connectivity index (χ3v) is 4.26. The fourth-order valence-corrected chi connectivity index (χ4v) is 3.08. The zero-order chi connectivity index (χ0) is 14.7. The number of carbonyl (C=O) groups is 1. The number of hydrogen-bond donors (Lipinski definition) is 2. The number of nitrogens with one attached hydrogen (secondary N) is 2. The Hall–Kier alpha value is -1.79. The second-order valence-electron chi connectivity index (χ2n) is 5.04. The van der Waals surface area contributed by atoms with E-state index in [0.717, 1.165) is 37.1 Å². The summed E-state index contributed by atoms with van der Waals surface area (Å²) < 4.78 is 12.9. The number of piperidine rings is 1. The number of thiazole rings is 1. The molecule has 1 aromatic carbocycles. The highest BCUT2D eigenvalue weighted by Crippen LogP contribution is 2.25. The standard InChI is InChI=1S/C15H16FN3OS/c16-11-6-4-10(5-7-11)13-9-21-15(18-13)19-14(20)12-3-1-2-8-17-12/h4-7,9,12,17H,1-3,8H2,(H,18,19,20). The Kier molecular flexibility index (Phi) is 4.26. The van der Waals surface area contributed by atoms with Gasteiger partial charge in [0.25, 0.3) is 0 Å². The van der Waals surface area contributed by atoms with E-state index in [9.17, 15) is 9.18 Å². The smallest absolute Gasteiger partial charge is 0.243 e. The largest absolute Gasteiger partial charge is 0.306 e. The van der Waals surface area contributed by atoms with Crippen molar-refractivity contribution in [3.8, 4) is 11.3 Å². The first kappa shape index (κ1) is 14.2. The molecule has 1 aliphatic rings. The van der Waals surface area contributed by atoms with Crippen molar-refractivity contribution in [1.29, 1.82) is 0 Å². The van der Waals surface area contributed by atoms with Gasteiger partial charge in [0.15, 0.2) is 5.13 Å². The van der Waals surface area contributed by atoms with Gasteiger partial charge >= 0.3 is 0 Å². The number of rotatable bonds is 3. The van der Waals surface area contributed by atoms with Gasteiger partial charge in [-0.3, -0.25) is 4.79 Å². The lowest BCUT2D eigenvalue weighted by Gasteiger charge is -2.21. The molecular weight excluding hydrogens is 289 g/mol. The first-order chi connectivity index (χ1) is 10.2. The van der Waals surface area contributed by atoms with Gasteiger partial charge in [-0.2, -0.15) is 0 Å². The van der Waals surface area contributed by atoms with Gasteiger partial charge < -0.3 is 10.6 Å². The quantitative estimate of drug-likeness (QED) is 0.916. The van der Waals surface area contributed by atoms with E-state index >= 15 is 0 Å². The second-order valence-corrected chi connectivity index (χ2v) is 5.89. The molecule has 2 aromatic rings. The number of anilines is 1. The summed E-state index contributed by atoms with van der Waals surface area (Å²) in [7, 11) is 0. The molecule has 1 aromatic heterocycles. The maximum absolute atomic E-state index is 12.9. The van der Waals surface area contributed by atoms with Crippen LogP contribution in [0.1, 0.15) is 19.3 Å². The molecular formula is C15H16FN3OS. The molecule has 4 nitrogen and oxygen atoms in total. The summed E-state index contributed by atoms with van der Waals surface area (Å²) in [5, 5.41) is 8.49. The van der Waals surface area contributed by atoms with Crippen LogP contribution in [0.3, 0.4) is 0 Å². The lowest BCUT2D eigenvalue weighted by Crippen LogP contribution is -2.43. The van der Waals surface area contributed by atoms with Crippen LogP contribution in [0.25, 0.3) is 11.3 Å². The highest BCUT2D eigenvalue weighted by Gasteiger charge is 2.21. The summed E-state index contributed by atoms with van der Waals surface area (Å²) >= 11 is 1.38. The molecule has 110 valence electrons. The molecule has 1 fully saturated rings. The molecule has 1 unspecified atom stereocenters. The number of nitrogens with zero attached hydrogens (tertiary/aromatic N) is 1. The fraction of sp³-hybridized carbons (Fsp3) is 0.333. The Labute approximate surface area is 126 Å². The average molecular weight is 305 g/mol. The normalized spacial score (nSPS) is 18.4. The third kappa shape index (κ3) is 3.46. The van der Waals surface area contributed by atoms with E-state index in [1.165, 1.54) is 23.5 Å². The van der Waals surface area contributed by atoms with Crippen LogP contribution < -0.4 is 10.6 Å². The van der Waals surface area contributed by atoms with Crippen molar-refractivity contribution >= 4 is 22.4 Å². The maximum Gasteiger partial charge on any atom is 0.243 e. The van der Waals surface area contributed by atoms with Crippen molar-refractivity contribution in [1.82, 2.24) is 10.3 Å². The molecule has 1 saturated heterocycles. The number of halogens is 1. The second kappa shape index (κ2) is 6.32. The first-order valence-electron chi connectivity index (χ1n) is 6.98. The van der Waals surface area contributed by atoms with Crippen molar-refractivity contribution in [2.45, 2.75) is 25.3 Å². The van der Waals surface area contributed by atoms with Crippen molar-refractivity contribution in [2.75, 3.05) is 11.9 Å². The minimum atomic E-state index is -0.272. The van der Waals surface area contributed by atoms with Crippen molar-refractivity contribution in [3.63, 3.8) is 0 Å². The van der Waals surface area contributed by atoms with Gasteiger partial charge in [-0.1, -0.05) is 6.42 Å². The Bertz CT molecular complexity index is 620. The van der Waals surface area contributed by atoms with E-state index in [1.54, 1.807) is 12.1 Å². The summed E-state index contributed by atoms with van der Waals surface area (Å²) in [4.78, 5) is 16.5. The zero-order valence-electron chi connectivity index (χ0n) is 11.4. The Morgan fingerprint density at radius 2 is 2.14 bits per heavy atom. The average Bonchev–Trinajstić information content (AvgIpc) is 2.97. The Morgan fingerprint density at radius 3 is 2.86 bits per heavy atom. The molecule has 2 N–H and O–H groups in total. The molecule has 2 heterocycles. The molecule has 0 spiro atoms. The van der Waals surface area contributed by atoms with Gasteiger partial charge in [0, 0.05) is 10.9 Å². The van der Waals surface area contributed by atoms with Gasteiger partial charge in [0.05, 0.1) is 11.7 Å². The molecule has 0 bridgehead atoms. The van der Waals surface area contributed by atoms with Crippen LogP contribution in [0.2, 0.25) is 0 Å². The van der Waals surface area contributed by atoms with E-state index in [-0.39, 0.29) is 17.8 Å². The predicted molar refractivity (Wildman–Crippen MR) is 81.8 cm³/mol. The molecule has 0 aliphatic carbocycles. The Balaban J connectivity index is 1.67. The monoisotopic (exact) mass is 305 g/mol. The molecule has 21 heavy (non-hydrogen) atoms. The number of hydrogen-bond acceptors (Lipinski definition) is 4. The maximum atomic E-state index is 12.9. The van der Waals surface area contributed by atoms with Crippen LogP contribution in [0.15, 0.2) is 29.6 Å². The number of benzene rings is 1. The predicted octanol–water partition coefficient (Wildman–Crippen LogP) is 3.03. The van der Waals surface area contributed by atoms with Crippen LogP contribution in [-0.4, -0.2) is 23.5 Å². The molecule has 0 saturated carbocycles. The summed E-state index contributed by atoms with van der Waals surface area (Å²) in [5.41, 5.74) is 1.58. The van der Waals surface area contributed by atoms with Gasteiger partial charge in [-0.25, -0.2) is 9.37 Å². The van der Waals surface area contributed by atoms with Gasteiger partial charge in [0.2, 0.25) is 5.91 Å². The van der Waals surface area contributed by atoms with Gasteiger partial charge in [0.1, 0.15) is 5.82 Å². The number of aromatic nitrogens is 1. The lowest BCUT2D eigenvalue weighted by molar-refractivity contribution is -0.118. The molecule has 6 heteroatoms. The fourth-order valence-electron chi connectivity index (χ4n) is 2.35. The SMILES string of the molecule is O=C(Nc1nc(-c2ccc(F)cc2)cs1)C1CCCCN1. The van der Waals surface area contributed by atoms with Crippen LogP contribution in [-0.2, 0) is 4.79 Å². The lowest BCUT2D eigenvalue weighted by atomic mass is 10.0.